The second-order valence-electron chi connectivity index (χ2n) is 8.66. The molecule has 0 aromatic carbocycles. The van der Waals surface area contributed by atoms with Crippen LogP contribution in [-0.4, -0.2) is 53.5 Å². The lowest BCUT2D eigenvalue weighted by molar-refractivity contribution is 0.0555. The summed E-state index contributed by atoms with van der Waals surface area (Å²) >= 11 is 0. The molecule has 0 spiro atoms. The van der Waals surface area contributed by atoms with E-state index in [0.717, 1.165) is 24.7 Å². The maximum atomic E-state index is 13.3. The summed E-state index contributed by atoms with van der Waals surface area (Å²) in [4.78, 5) is 22.1. The van der Waals surface area contributed by atoms with E-state index in [1.54, 1.807) is 25.4 Å². The highest BCUT2D eigenvalue weighted by atomic mass is 16.6. The second-order valence-corrected chi connectivity index (χ2v) is 8.66. The smallest absolute Gasteiger partial charge is 0.290 e. The molecule has 1 atom stereocenters. The van der Waals surface area contributed by atoms with Crippen LogP contribution in [0.25, 0.3) is 0 Å². The van der Waals surface area contributed by atoms with Crippen LogP contribution in [-0.2, 0) is 6.54 Å². The summed E-state index contributed by atoms with van der Waals surface area (Å²) in [5.41, 5.74) is 1.03. The fourth-order valence-corrected chi connectivity index (χ4v) is 4.97. The molecule has 0 radical (unpaired) electrons. The predicted octanol–water partition coefficient (Wildman–Crippen LogP) is 4.37. The molecule has 2 aromatic rings. The molecule has 2 aromatic heterocycles. The maximum absolute atomic E-state index is 13.3. The van der Waals surface area contributed by atoms with Crippen LogP contribution in [0.5, 0.6) is 5.95 Å². The van der Waals surface area contributed by atoms with Crippen molar-refractivity contribution in [2.24, 2.45) is 5.92 Å². The van der Waals surface area contributed by atoms with Crippen molar-refractivity contribution in [2.75, 3.05) is 26.7 Å². The number of methoxy groups -OCH3 is 1. The van der Waals surface area contributed by atoms with E-state index in [-0.39, 0.29) is 5.91 Å². The summed E-state index contributed by atoms with van der Waals surface area (Å²) in [5, 5.41) is 0. The fraction of sp³-hybridized carbons (Fsp3) is 0.583. The number of carbonyl (C=O) groups is 1. The zero-order valence-electron chi connectivity index (χ0n) is 18.0. The lowest BCUT2D eigenvalue weighted by Crippen LogP contribution is -2.47. The molecule has 1 aliphatic carbocycles. The van der Waals surface area contributed by atoms with E-state index in [0.29, 0.717) is 24.2 Å². The number of amides is 1. The summed E-state index contributed by atoms with van der Waals surface area (Å²) in [5.74, 6) is 1.09. The number of hydrogen-bond acceptors (Lipinski definition) is 5. The van der Waals surface area contributed by atoms with Crippen LogP contribution >= 0.6 is 0 Å². The van der Waals surface area contributed by atoms with E-state index in [1.807, 2.05) is 23.2 Å². The molecular weight excluding hydrogens is 378 g/mol. The largest absolute Gasteiger partial charge is 0.468 e. The minimum Gasteiger partial charge on any atom is -0.468 e. The topological polar surface area (TPSA) is 58.8 Å². The molecule has 2 aliphatic rings. The molecular formula is C24H33N3O3. The van der Waals surface area contributed by atoms with E-state index in [4.69, 9.17) is 9.15 Å². The van der Waals surface area contributed by atoms with Crippen molar-refractivity contribution in [3.05, 3.63) is 48.0 Å². The van der Waals surface area contributed by atoms with Crippen LogP contribution in [0.1, 0.15) is 61.1 Å². The Labute approximate surface area is 179 Å². The van der Waals surface area contributed by atoms with Gasteiger partial charge >= 0.3 is 0 Å². The van der Waals surface area contributed by atoms with Crippen LogP contribution in [0.4, 0.5) is 0 Å². The van der Waals surface area contributed by atoms with Crippen molar-refractivity contribution < 1.29 is 13.9 Å². The van der Waals surface area contributed by atoms with Gasteiger partial charge in [-0.2, -0.15) is 0 Å². The van der Waals surface area contributed by atoms with Crippen molar-refractivity contribution in [1.29, 1.82) is 0 Å². The van der Waals surface area contributed by atoms with Gasteiger partial charge in [0.1, 0.15) is 0 Å². The van der Waals surface area contributed by atoms with Crippen molar-refractivity contribution in [2.45, 2.75) is 57.5 Å². The Morgan fingerprint density at radius 3 is 2.80 bits per heavy atom. The molecule has 6 heteroatoms. The SMILES string of the molecule is COc1ccc(C(=O)N(Cc2cccnc2)CC2CCCN(C3CCCCC3)C2)o1. The monoisotopic (exact) mass is 411 g/mol. The molecule has 4 rings (SSSR count). The lowest BCUT2D eigenvalue weighted by Gasteiger charge is -2.41. The normalized spacial score (nSPS) is 20.8. The van der Waals surface area contributed by atoms with Gasteiger partial charge in [-0.1, -0.05) is 25.3 Å². The summed E-state index contributed by atoms with van der Waals surface area (Å²) in [6.07, 6.45) is 12.7. The third-order valence-electron chi connectivity index (χ3n) is 6.50. The quantitative estimate of drug-likeness (QED) is 0.677. The van der Waals surface area contributed by atoms with Crippen molar-refractivity contribution in [3.8, 4) is 5.95 Å². The lowest BCUT2D eigenvalue weighted by atomic mass is 9.90. The highest BCUT2D eigenvalue weighted by molar-refractivity contribution is 5.91. The summed E-state index contributed by atoms with van der Waals surface area (Å²) in [7, 11) is 1.54. The first kappa shape index (κ1) is 20.9. The molecule has 162 valence electrons. The van der Waals surface area contributed by atoms with E-state index in [9.17, 15) is 4.79 Å². The summed E-state index contributed by atoms with van der Waals surface area (Å²) in [6, 6.07) is 8.07. The maximum Gasteiger partial charge on any atom is 0.290 e. The number of ether oxygens (including phenoxy) is 1. The number of piperidine rings is 1. The minimum atomic E-state index is -0.0862. The van der Waals surface area contributed by atoms with E-state index >= 15 is 0 Å². The molecule has 2 fully saturated rings. The molecule has 0 N–H and O–H groups in total. The highest BCUT2D eigenvalue weighted by Gasteiger charge is 2.30. The zero-order valence-corrected chi connectivity index (χ0v) is 18.0. The average molecular weight is 412 g/mol. The van der Waals surface area contributed by atoms with Gasteiger partial charge in [0.2, 0.25) is 0 Å². The molecule has 1 aliphatic heterocycles. The first-order chi connectivity index (χ1) is 14.7. The Balaban J connectivity index is 1.46. The third-order valence-corrected chi connectivity index (χ3v) is 6.50. The number of nitrogens with zero attached hydrogens (tertiary/aromatic N) is 3. The van der Waals surface area contributed by atoms with E-state index < -0.39 is 0 Å². The van der Waals surface area contributed by atoms with Crippen LogP contribution in [0.15, 0.2) is 41.1 Å². The molecule has 0 bridgehead atoms. The predicted molar refractivity (Wildman–Crippen MR) is 115 cm³/mol. The second kappa shape index (κ2) is 10.1. The minimum absolute atomic E-state index is 0.0862. The highest BCUT2D eigenvalue weighted by Crippen LogP contribution is 2.28. The van der Waals surface area contributed by atoms with E-state index in [2.05, 4.69) is 9.88 Å². The van der Waals surface area contributed by atoms with Crippen molar-refractivity contribution >= 4 is 5.91 Å². The van der Waals surface area contributed by atoms with Gasteiger partial charge in [0.25, 0.3) is 11.9 Å². The molecule has 30 heavy (non-hydrogen) atoms. The first-order valence-corrected chi connectivity index (χ1v) is 11.3. The van der Waals surface area contributed by atoms with Gasteiger partial charge in [0, 0.05) is 44.1 Å². The molecule has 1 saturated carbocycles. The summed E-state index contributed by atoms with van der Waals surface area (Å²) in [6.45, 7) is 3.56. The van der Waals surface area contributed by atoms with Gasteiger partial charge in [-0.15, -0.1) is 0 Å². The van der Waals surface area contributed by atoms with Crippen LogP contribution < -0.4 is 4.74 Å². The average Bonchev–Trinajstić information content (AvgIpc) is 3.29. The molecule has 3 heterocycles. The molecule has 1 saturated heterocycles. The number of rotatable bonds is 7. The first-order valence-electron chi connectivity index (χ1n) is 11.3. The van der Waals surface area contributed by atoms with Crippen LogP contribution in [0.3, 0.4) is 0 Å². The van der Waals surface area contributed by atoms with Gasteiger partial charge < -0.3 is 19.0 Å². The van der Waals surface area contributed by atoms with Gasteiger partial charge in [-0.25, -0.2) is 0 Å². The Morgan fingerprint density at radius 1 is 1.20 bits per heavy atom. The number of likely N-dealkylation sites (tertiary alicyclic amines) is 1. The molecule has 1 amide bonds. The number of carbonyl (C=O) groups excluding carboxylic acids is 1. The fourth-order valence-electron chi connectivity index (χ4n) is 4.97. The van der Waals surface area contributed by atoms with Crippen molar-refractivity contribution in [1.82, 2.24) is 14.8 Å². The van der Waals surface area contributed by atoms with Crippen LogP contribution in [0.2, 0.25) is 0 Å². The van der Waals surface area contributed by atoms with Crippen LogP contribution in [0, 0.1) is 5.92 Å². The summed E-state index contributed by atoms with van der Waals surface area (Å²) < 4.78 is 10.7. The Hall–Kier alpha value is -2.34. The Morgan fingerprint density at radius 2 is 2.07 bits per heavy atom. The third kappa shape index (κ3) is 5.22. The molecule has 1 unspecified atom stereocenters. The van der Waals surface area contributed by atoms with Gasteiger partial charge in [-0.05, 0) is 55.8 Å². The Bertz CT molecular complexity index is 801. The van der Waals surface area contributed by atoms with Gasteiger partial charge in [0.15, 0.2) is 5.76 Å². The number of pyridine rings is 1. The molecule has 6 nitrogen and oxygen atoms in total. The van der Waals surface area contributed by atoms with Crippen molar-refractivity contribution in [3.63, 3.8) is 0 Å². The standard InChI is InChI=1S/C24H33N3O3/c1-29-23-12-11-22(30-23)24(28)27(16-19-7-5-13-25-15-19)18-20-8-6-14-26(17-20)21-9-3-2-4-10-21/h5,7,11-13,15,20-21H,2-4,6,8-10,14,16-18H2,1H3. The number of aromatic nitrogens is 1. The zero-order chi connectivity index (χ0) is 20.8. The number of furan rings is 1. The number of hydrogen-bond donors (Lipinski definition) is 0. The van der Waals surface area contributed by atoms with Gasteiger partial charge in [0.05, 0.1) is 7.11 Å². The Kier molecular flexibility index (Phi) is 7.05. The van der Waals surface area contributed by atoms with E-state index in [1.165, 1.54) is 51.5 Å². The van der Waals surface area contributed by atoms with Gasteiger partial charge in [-0.3, -0.25) is 9.78 Å².